The zero-order chi connectivity index (χ0) is 27.6. The van der Waals surface area contributed by atoms with Crippen LogP contribution in [-0.4, -0.2) is 43.6 Å². The number of aromatic hydroxyl groups is 1. The van der Waals surface area contributed by atoms with Crippen LogP contribution in [0.4, 0.5) is 17.3 Å². The van der Waals surface area contributed by atoms with Crippen LogP contribution in [-0.2, 0) is 4.79 Å². The summed E-state index contributed by atoms with van der Waals surface area (Å²) in [6.45, 7) is 7.73. The number of nitrogens with zero attached hydrogens (tertiary/aromatic N) is 4. The average Bonchev–Trinajstić information content (AvgIpc) is 3.28. The number of nitrogens with one attached hydrogen (secondary N) is 2. The predicted octanol–water partition coefficient (Wildman–Crippen LogP) is 5.34. The van der Waals surface area contributed by atoms with Gasteiger partial charge in [0.2, 0.25) is 16.9 Å². The number of thioether (sulfide) groups is 1. The van der Waals surface area contributed by atoms with Crippen LogP contribution in [0.5, 0.6) is 11.5 Å². The van der Waals surface area contributed by atoms with Gasteiger partial charge < -0.3 is 20.5 Å². The first-order valence-corrected chi connectivity index (χ1v) is 13.1. The van der Waals surface area contributed by atoms with Gasteiger partial charge >= 0.3 is 5.69 Å². The van der Waals surface area contributed by atoms with Crippen molar-refractivity contribution in [3.63, 3.8) is 0 Å². The van der Waals surface area contributed by atoms with E-state index in [1.165, 1.54) is 31.0 Å². The van der Waals surface area contributed by atoms with Crippen LogP contribution in [0.1, 0.15) is 49.4 Å². The Morgan fingerprint density at radius 1 is 1.32 bits per heavy atom. The standard InChI is InChI=1S/C26H30N6O5S/c1-6-7-11-38-26-29-25-27-16(4)21(24(34)28-18-10-8-9-14(2)15(18)3)22(31(25)30-26)17-12-19(32(35)36)23(33)20(13-17)37-5/h8-10,12-13,22,33H,6-7,11H2,1-5H3,(H,28,34)(H,27,29,30). The quantitative estimate of drug-likeness (QED) is 0.142. The molecule has 1 unspecified atom stereocenters. The number of methoxy groups -OCH3 is 1. The molecule has 0 radical (unpaired) electrons. The molecule has 0 spiro atoms. The highest BCUT2D eigenvalue weighted by Crippen LogP contribution is 2.43. The second kappa shape index (κ2) is 11.1. The first kappa shape index (κ1) is 27.0. The summed E-state index contributed by atoms with van der Waals surface area (Å²) in [5.74, 6) is 0.162. The largest absolute Gasteiger partial charge is 0.500 e. The highest BCUT2D eigenvalue weighted by Gasteiger charge is 2.36. The molecule has 4 rings (SSSR count). The van der Waals surface area contributed by atoms with Crippen molar-refractivity contribution in [3.05, 3.63) is 68.4 Å². The second-order valence-corrected chi connectivity index (χ2v) is 10.0. The molecular weight excluding hydrogens is 508 g/mol. The fraction of sp³-hybridized carbons (Fsp3) is 0.346. The van der Waals surface area contributed by atoms with Crippen molar-refractivity contribution in [1.29, 1.82) is 0 Å². The monoisotopic (exact) mass is 538 g/mol. The topological polar surface area (TPSA) is 144 Å². The van der Waals surface area contributed by atoms with E-state index in [1.807, 2.05) is 32.0 Å². The molecule has 0 fully saturated rings. The van der Waals surface area contributed by atoms with Gasteiger partial charge in [0.15, 0.2) is 5.75 Å². The van der Waals surface area contributed by atoms with Gasteiger partial charge in [-0.2, -0.15) is 4.98 Å². The van der Waals surface area contributed by atoms with Gasteiger partial charge in [0, 0.05) is 23.2 Å². The molecule has 38 heavy (non-hydrogen) atoms. The van der Waals surface area contributed by atoms with Gasteiger partial charge in [-0.15, -0.1) is 5.10 Å². The Hall–Kier alpha value is -4.06. The second-order valence-electron chi connectivity index (χ2n) is 8.98. The number of hydrogen-bond acceptors (Lipinski definition) is 9. The van der Waals surface area contributed by atoms with E-state index in [0.29, 0.717) is 33.6 Å². The Morgan fingerprint density at radius 2 is 2.08 bits per heavy atom. The van der Waals surface area contributed by atoms with Crippen molar-refractivity contribution in [2.75, 3.05) is 23.5 Å². The van der Waals surface area contributed by atoms with Gasteiger partial charge in [-0.1, -0.05) is 37.2 Å². The molecule has 12 heteroatoms. The summed E-state index contributed by atoms with van der Waals surface area (Å²) in [5.41, 5.74) is 3.24. The molecule has 0 saturated heterocycles. The highest BCUT2D eigenvalue weighted by molar-refractivity contribution is 7.99. The Bertz CT molecular complexity index is 1430. The fourth-order valence-electron chi connectivity index (χ4n) is 4.25. The number of hydrogen-bond donors (Lipinski definition) is 3. The number of ether oxygens (including phenoxy) is 1. The van der Waals surface area contributed by atoms with Crippen molar-refractivity contribution in [2.45, 2.75) is 51.7 Å². The van der Waals surface area contributed by atoms with E-state index < -0.39 is 28.3 Å². The number of nitro benzene ring substituents is 1. The molecule has 3 aromatic rings. The summed E-state index contributed by atoms with van der Waals surface area (Å²) in [7, 11) is 1.31. The number of fused-ring (bicyclic) bond motifs is 1. The molecule has 1 aromatic heterocycles. The van der Waals surface area contributed by atoms with Crippen molar-refractivity contribution in [2.24, 2.45) is 0 Å². The van der Waals surface area contributed by atoms with Gasteiger partial charge in [-0.3, -0.25) is 14.9 Å². The molecule has 3 N–H and O–H groups in total. The smallest absolute Gasteiger partial charge is 0.315 e. The lowest BCUT2D eigenvalue weighted by atomic mass is 9.94. The van der Waals surface area contributed by atoms with Crippen molar-refractivity contribution >= 4 is 35.0 Å². The van der Waals surface area contributed by atoms with Crippen LogP contribution in [0.3, 0.4) is 0 Å². The van der Waals surface area contributed by atoms with Gasteiger partial charge in [-0.05, 0) is 56.0 Å². The van der Waals surface area contributed by atoms with E-state index in [9.17, 15) is 20.0 Å². The third-order valence-corrected chi connectivity index (χ3v) is 7.39. The molecule has 2 aromatic carbocycles. The number of amides is 1. The molecule has 11 nitrogen and oxygen atoms in total. The van der Waals surface area contributed by atoms with Crippen LogP contribution < -0.4 is 15.4 Å². The number of carbonyl (C=O) groups is 1. The Balaban J connectivity index is 1.86. The average molecular weight is 539 g/mol. The maximum Gasteiger partial charge on any atom is 0.315 e. The number of aryl methyl sites for hydroxylation is 1. The summed E-state index contributed by atoms with van der Waals surface area (Å²) >= 11 is 1.50. The maximum atomic E-state index is 13.8. The molecule has 0 aliphatic carbocycles. The minimum atomic E-state index is -0.877. The number of benzene rings is 2. The summed E-state index contributed by atoms with van der Waals surface area (Å²) in [4.78, 5) is 29.5. The number of carbonyl (C=O) groups excluding carboxylic acids is 1. The van der Waals surface area contributed by atoms with Gasteiger partial charge in [0.1, 0.15) is 6.04 Å². The number of unbranched alkanes of at least 4 members (excludes halogenated alkanes) is 1. The van der Waals surface area contributed by atoms with Gasteiger partial charge in [-0.25, -0.2) is 4.68 Å². The van der Waals surface area contributed by atoms with Crippen LogP contribution in [0.15, 0.2) is 46.8 Å². The molecule has 1 aliphatic rings. The molecule has 1 amide bonds. The molecular formula is C26H30N6O5S. The predicted molar refractivity (Wildman–Crippen MR) is 146 cm³/mol. The molecule has 0 saturated carbocycles. The number of rotatable bonds is 9. The highest BCUT2D eigenvalue weighted by atomic mass is 32.2. The Labute approximate surface area is 224 Å². The van der Waals surface area contributed by atoms with Crippen LogP contribution >= 0.6 is 11.8 Å². The zero-order valence-electron chi connectivity index (χ0n) is 21.9. The summed E-state index contributed by atoms with van der Waals surface area (Å²) in [5, 5.41) is 33.5. The third kappa shape index (κ3) is 5.17. The van der Waals surface area contributed by atoms with E-state index in [1.54, 1.807) is 11.6 Å². The van der Waals surface area contributed by atoms with E-state index >= 15 is 0 Å². The van der Waals surface area contributed by atoms with Crippen LogP contribution in [0.2, 0.25) is 0 Å². The minimum absolute atomic E-state index is 0.0844. The SMILES string of the molecule is CCCCSc1nc2n(n1)C(c1cc(OC)c(O)c([N+](=O)[O-])c1)C(C(=O)Nc1cccc(C)c1C)=C(C)N2. The first-order valence-electron chi connectivity index (χ1n) is 12.2. The van der Waals surface area contributed by atoms with Crippen molar-refractivity contribution in [1.82, 2.24) is 14.8 Å². The Kier molecular flexibility index (Phi) is 7.91. The lowest BCUT2D eigenvalue weighted by Gasteiger charge is -2.29. The van der Waals surface area contributed by atoms with Crippen molar-refractivity contribution in [3.8, 4) is 11.5 Å². The maximum absolute atomic E-state index is 13.8. The van der Waals surface area contributed by atoms with E-state index in [4.69, 9.17) is 4.74 Å². The molecule has 200 valence electrons. The number of allylic oxidation sites excluding steroid dienone is 1. The molecule has 0 bridgehead atoms. The number of phenols is 1. The zero-order valence-corrected chi connectivity index (χ0v) is 22.7. The summed E-state index contributed by atoms with van der Waals surface area (Å²) in [6.07, 6.45) is 2.02. The lowest BCUT2D eigenvalue weighted by Crippen LogP contribution is -2.31. The summed E-state index contributed by atoms with van der Waals surface area (Å²) < 4.78 is 6.79. The van der Waals surface area contributed by atoms with Gasteiger partial charge in [0.25, 0.3) is 5.91 Å². The number of nitro groups is 1. The lowest BCUT2D eigenvalue weighted by molar-refractivity contribution is -0.386. The molecule has 2 heterocycles. The first-order chi connectivity index (χ1) is 18.2. The fourth-order valence-corrected chi connectivity index (χ4v) is 5.16. The molecule has 1 atom stereocenters. The number of anilines is 2. The molecule has 1 aliphatic heterocycles. The van der Waals surface area contributed by atoms with E-state index in [2.05, 4.69) is 27.6 Å². The normalized spacial score (nSPS) is 14.6. The van der Waals surface area contributed by atoms with Crippen molar-refractivity contribution < 1.29 is 19.6 Å². The van der Waals surface area contributed by atoms with E-state index in [-0.39, 0.29) is 5.75 Å². The summed E-state index contributed by atoms with van der Waals surface area (Å²) in [6, 6.07) is 7.48. The van der Waals surface area contributed by atoms with Crippen LogP contribution in [0.25, 0.3) is 0 Å². The van der Waals surface area contributed by atoms with Gasteiger partial charge in [0.05, 0.1) is 17.6 Å². The van der Waals surface area contributed by atoms with Crippen LogP contribution in [0, 0.1) is 24.0 Å². The Morgan fingerprint density at radius 3 is 2.76 bits per heavy atom. The number of phenolic OH excluding ortho intramolecular Hbond substituents is 1. The van der Waals surface area contributed by atoms with E-state index in [0.717, 1.165) is 29.7 Å². The number of aromatic nitrogens is 3. The third-order valence-electron chi connectivity index (χ3n) is 6.47. The minimum Gasteiger partial charge on any atom is -0.500 e.